The summed E-state index contributed by atoms with van der Waals surface area (Å²) in [6.07, 6.45) is 2.57. The molecule has 0 saturated heterocycles. The third kappa shape index (κ3) is 1.41. The summed E-state index contributed by atoms with van der Waals surface area (Å²) >= 11 is 0. The van der Waals surface area contributed by atoms with E-state index in [0.717, 1.165) is 0 Å². The van der Waals surface area contributed by atoms with Crippen LogP contribution in [0.2, 0.25) is 0 Å². The van der Waals surface area contributed by atoms with Crippen LogP contribution in [0.15, 0.2) is 12.5 Å². The number of aromatic nitrogens is 2. The summed E-state index contributed by atoms with van der Waals surface area (Å²) < 4.78 is 0. The molecule has 0 aromatic carbocycles. The Morgan fingerprint density at radius 3 is 3.11 bits per heavy atom. The first-order chi connectivity index (χ1) is 4.29. The second kappa shape index (κ2) is 2.12. The van der Waals surface area contributed by atoms with Crippen LogP contribution in [0, 0.1) is 10.1 Å². The fraction of sp³-hybridized carbons (Fsp3) is 0. The van der Waals surface area contributed by atoms with Gasteiger partial charge in [-0.05, 0) is 0 Å². The predicted molar refractivity (Wildman–Crippen MR) is 26.2 cm³/mol. The molecule has 1 aromatic rings. The van der Waals surface area contributed by atoms with Crippen molar-refractivity contribution in [1.29, 1.82) is 0 Å². The fourth-order valence-corrected chi connectivity index (χ4v) is 0.373. The maximum absolute atomic E-state index is 9.60. The summed E-state index contributed by atoms with van der Waals surface area (Å²) in [5, 5.41) is 8.68. The molecule has 0 unspecified atom stereocenters. The van der Waals surface area contributed by atoms with Gasteiger partial charge in [0.15, 0.2) is 0 Å². The number of nitrogens with zero attached hydrogens (tertiary/aromatic N) is 2. The standard InChI is InChI=1S/C3H3N3O3/c7-6(8)9-3-1-4-2-5-3/h1-2H,(H,4,5). The van der Waals surface area contributed by atoms with Gasteiger partial charge in [-0.1, -0.05) is 0 Å². The van der Waals surface area contributed by atoms with Gasteiger partial charge in [0.25, 0.3) is 0 Å². The highest BCUT2D eigenvalue weighted by molar-refractivity contribution is 4.99. The van der Waals surface area contributed by atoms with Crippen molar-refractivity contribution in [3.63, 3.8) is 0 Å². The van der Waals surface area contributed by atoms with Crippen molar-refractivity contribution in [3.05, 3.63) is 22.6 Å². The lowest BCUT2D eigenvalue weighted by molar-refractivity contribution is -0.712. The molecule has 0 amide bonds. The second-order valence-corrected chi connectivity index (χ2v) is 1.22. The van der Waals surface area contributed by atoms with Gasteiger partial charge in [-0.15, -0.1) is 10.1 Å². The molecular weight excluding hydrogens is 126 g/mol. The van der Waals surface area contributed by atoms with Crippen LogP contribution in [0.4, 0.5) is 0 Å². The van der Waals surface area contributed by atoms with Crippen molar-refractivity contribution in [2.24, 2.45) is 0 Å². The van der Waals surface area contributed by atoms with Crippen LogP contribution in [0.25, 0.3) is 0 Å². The Kier molecular flexibility index (Phi) is 1.31. The normalized spacial score (nSPS) is 8.89. The highest BCUT2D eigenvalue weighted by atomic mass is 17.0. The summed E-state index contributed by atoms with van der Waals surface area (Å²) in [5.74, 6) is -0.0417. The molecular formula is C3H3N3O3. The van der Waals surface area contributed by atoms with Gasteiger partial charge in [-0.3, -0.25) is 4.84 Å². The Balaban J connectivity index is 2.58. The van der Waals surface area contributed by atoms with Crippen molar-refractivity contribution >= 4 is 0 Å². The first-order valence-corrected chi connectivity index (χ1v) is 2.10. The zero-order valence-corrected chi connectivity index (χ0v) is 4.27. The quantitative estimate of drug-likeness (QED) is 0.449. The molecule has 0 saturated carbocycles. The third-order valence-corrected chi connectivity index (χ3v) is 0.641. The van der Waals surface area contributed by atoms with Crippen LogP contribution in [-0.2, 0) is 0 Å². The highest BCUT2D eigenvalue weighted by Gasteiger charge is 1.97. The van der Waals surface area contributed by atoms with Crippen LogP contribution < -0.4 is 4.84 Å². The van der Waals surface area contributed by atoms with E-state index in [0.29, 0.717) is 0 Å². The molecule has 0 radical (unpaired) electrons. The first-order valence-electron chi connectivity index (χ1n) is 2.10. The largest absolute Gasteiger partial charge is 0.349 e. The van der Waals surface area contributed by atoms with Crippen molar-refractivity contribution < 1.29 is 9.92 Å². The molecule has 6 nitrogen and oxygen atoms in total. The molecule has 0 fully saturated rings. The SMILES string of the molecule is O=[N+]([O-])Oc1c[nH]cn1. The summed E-state index contributed by atoms with van der Waals surface area (Å²) in [6.45, 7) is 0. The predicted octanol–water partition coefficient (Wildman–Crippen LogP) is -0.0198. The topological polar surface area (TPSA) is 81.0 Å². The minimum absolute atomic E-state index is 0.0417. The van der Waals surface area contributed by atoms with E-state index in [1.165, 1.54) is 12.5 Å². The molecule has 48 valence electrons. The average molecular weight is 129 g/mol. The summed E-state index contributed by atoms with van der Waals surface area (Å²) in [7, 11) is 0. The van der Waals surface area contributed by atoms with E-state index in [2.05, 4.69) is 14.8 Å². The van der Waals surface area contributed by atoms with Gasteiger partial charge in [-0.2, -0.15) is 0 Å². The zero-order valence-electron chi connectivity index (χ0n) is 4.27. The first kappa shape index (κ1) is 5.54. The Labute approximate surface area is 49.6 Å². The molecule has 1 N–H and O–H groups in total. The van der Waals surface area contributed by atoms with Gasteiger partial charge in [0.2, 0.25) is 5.88 Å². The van der Waals surface area contributed by atoms with E-state index in [-0.39, 0.29) is 5.88 Å². The smallest absolute Gasteiger partial charge is 0.301 e. The van der Waals surface area contributed by atoms with Crippen LogP contribution in [-0.4, -0.2) is 15.1 Å². The van der Waals surface area contributed by atoms with Gasteiger partial charge >= 0.3 is 5.09 Å². The van der Waals surface area contributed by atoms with Gasteiger partial charge in [0.1, 0.15) is 0 Å². The number of nitrogens with one attached hydrogen (secondary N) is 1. The van der Waals surface area contributed by atoms with E-state index < -0.39 is 5.09 Å². The van der Waals surface area contributed by atoms with E-state index in [1.807, 2.05) is 0 Å². The van der Waals surface area contributed by atoms with Crippen LogP contribution in [0.1, 0.15) is 0 Å². The molecule has 0 aliphatic carbocycles. The number of hydrogen-bond acceptors (Lipinski definition) is 4. The second-order valence-electron chi connectivity index (χ2n) is 1.22. The zero-order chi connectivity index (χ0) is 6.69. The Morgan fingerprint density at radius 2 is 2.67 bits per heavy atom. The molecule has 0 aliphatic heterocycles. The van der Waals surface area contributed by atoms with Crippen LogP contribution in [0.5, 0.6) is 5.88 Å². The Morgan fingerprint density at radius 1 is 1.89 bits per heavy atom. The molecule has 9 heavy (non-hydrogen) atoms. The molecule has 6 heteroatoms. The average Bonchev–Trinajstić information content (AvgIpc) is 2.15. The van der Waals surface area contributed by atoms with E-state index in [4.69, 9.17) is 0 Å². The molecule has 1 rings (SSSR count). The molecule has 1 heterocycles. The van der Waals surface area contributed by atoms with Crippen molar-refractivity contribution in [2.75, 3.05) is 0 Å². The van der Waals surface area contributed by atoms with Gasteiger partial charge < -0.3 is 4.98 Å². The third-order valence-electron chi connectivity index (χ3n) is 0.641. The van der Waals surface area contributed by atoms with E-state index in [9.17, 15) is 10.1 Å². The lowest BCUT2D eigenvalue weighted by atomic mass is 10.9. The van der Waals surface area contributed by atoms with Crippen LogP contribution >= 0.6 is 0 Å². The Hall–Kier alpha value is -1.59. The maximum Gasteiger partial charge on any atom is 0.301 e. The fourth-order valence-electron chi connectivity index (χ4n) is 0.373. The lowest BCUT2D eigenvalue weighted by Crippen LogP contribution is -2.03. The number of hydrogen-bond donors (Lipinski definition) is 1. The van der Waals surface area contributed by atoms with Crippen molar-refractivity contribution in [3.8, 4) is 5.88 Å². The summed E-state index contributed by atoms with van der Waals surface area (Å²) in [4.78, 5) is 19.5. The van der Waals surface area contributed by atoms with Crippen molar-refractivity contribution in [1.82, 2.24) is 9.97 Å². The van der Waals surface area contributed by atoms with Crippen molar-refractivity contribution in [2.45, 2.75) is 0 Å². The van der Waals surface area contributed by atoms with E-state index >= 15 is 0 Å². The van der Waals surface area contributed by atoms with Crippen LogP contribution in [0.3, 0.4) is 0 Å². The number of rotatable bonds is 2. The van der Waals surface area contributed by atoms with Gasteiger partial charge in [0.05, 0.1) is 12.5 Å². The molecule has 0 spiro atoms. The number of imidazole rings is 1. The lowest BCUT2D eigenvalue weighted by Gasteiger charge is -1.86. The monoisotopic (exact) mass is 129 g/mol. The highest BCUT2D eigenvalue weighted by Crippen LogP contribution is 1.99. The van der Waals surface area contributed by atoms with Gasteiger partial charge in [0, 0.05) is 0 Å². The minimum Gasteiger partial charge on any atom is -0.349 e. The maximum atomic E-state index is 9.60. The molecule has 1 aromatic heterocycles. The summed E-state index contributed by atoms with van der Waals surface area (Å²) in [6, 6.07) is 0. The number of aromatic amines is 1. The molecule has 0 aliphatic rings. The summed E-state index contributed by atoms with van der Waals surface area (Å²) in [5.41, 5.74) is 0. The molecule has 0 bridgehead atoms. The Bertz CT molecular complexity index is 194. The molecule has 0 atom stereocenters. The van der Waals surface area contributed by atoms with Gasteiger partial charge in [-0.25, -0.2) is 4.98 Å². The number of H-pyrrole nitrogens is 1. The minimum atomic E-state index is -0.920. The van der Waals surface area contributed by atoms with E-state index in [1.54, 1.807) is 0 Å².